The van der Waals surface area contributed by atoms with Crippen molar-refractivity contribution < 1.29 is 0 Å². The summed E-state index contributed by atoms with van der Waals surface area (Å²) in [4.78, 5) is 14.3. The molecule has 0 aromatic carbocycles. The molecule has 4 heteroatoms. The molecule has 0 aliphatic heterocycles. The van der Waals surface area contributed by atoms with Crippen LogP contribution in [0.25, 0.3) is 0 Å². The molecular formula is C6H9N3O. The fourth-order valence-corrected chi connectivity index (χ4v) is 0.642. The van der Waals surface area contributed by atoms with Crippen molar-refractivity contribution in [1.29, 1.82) is 0 Å². The van der Waals surface area contributed by atoms with Crippen LogP contribution in [0, 0.1) is 0 Å². The molecule has 1 aromatic rings. The summed E-state index contributed by atoms with van der Waals surface area (Å²) in [6, 6.07) is 0. The lowest BCUT2D eigenvalue weighted by molar-refractivity contribution is 0.812. The summed E-state index contributed by atoms with van der Waals surface area (Å²) in [5, 5.41) is 2.87. The Morgan fingerprint density at radius 1 is 1.70 bits per heavy atom. The van der Waals surface area contributed by atoms with E-state index in [0.717, 1.165) is 5.69 Å². The molecule has 0 saturated carbocycles. The molecule has 0 aliphatic carbocycles. The molecule has 0 aliphatic rings. The summed E-state index contributed by atoms with van der Waals surface area (Å²) in [6.07, 6.45) is 3.19. The van der Waals surface area contributed by atoms with Gasteiger partial charge in [0.05, 0.1) is 11.9 Å². The molecule has 0 fully saturated rings. The number of hydrogen-bond acceptors (Lipinski definition) is 3. The van der Waals surface area contributed by atoms with E-state index in [-0.39, 0.29) is 5.69 Å². The van der Waals surface area contributed by atoms with Gasteiger partial charge >= 0.3 is 5.69 Å². The summed E-state index contributed by atoms with van der Waals surface area (Å²) in [7, 11) is 3.44. The minimum atomic E-state index is -0.237. The van der Waals surface area contributed by atoms with Gasteiger partial charge < -0.3 is 9.88 Å². The Bertz CT molecular complexity index is 279. The molecule has 0 atom stereocenters. The van der Waals surface area contributed by atoms with Gasteiger partial charge in [-0.2, -0.15) is 4.98 Å². The summed E-state index contributed by atoms with van der Waals surface area (Å²) in [5.74, 6) is 0. The lowest BCUT2D eigenvalue weighted by Gasteiger charge is -1.99. The van der Waals surface area contributed by atoms with Crippen LogP contribution in [0.2, 0.25) is 0 Å². The number of nitrogens with zero attached hydrogens (tertiary/aromatic N) is 2. The maximum atomic E-state index is 10.7. The van der Waals surface area contributed by atoms with Crippen molar-refractivity contribution in [3.63, 3.8) is 0 Å². The van der Waals surface area contributed by atoms with E-state index in [4.69, 9.17) is 0 Å². The van der Waals surface area contributed by atoms with Crippen LogP contribution in [0.4, 0.5) is 5.69 Å². The molecular weight excluding hydrogens is 130 g/mol. The molecule has 1 heterocycles. The van der Waals surface area contributed by atoms with Crippen molar-refractivity contribution >= 4 is 5.69 Å². The Hall–Kier alpha value is -1.32. The minimum Gasteiger partial charge on any atom is -0.386 e. The van der Waals surface area contributed by atoms with Gasteiger partial charge in [-0.1, -0.05) is 0 Å². The number of aryl methyl sites for hydroxylation is 1. The molecule has 0 saturated heterocycles. The molecule has 1 rings (SSSR count). The van der Waals surface area contributed by atoms with Crippen LogP contribution in [-0.2, 0) is 7.05 Å². The Kier molecular flexibility index (Phi) is 1.71. The highest BCUT2D eigenvalue weighted by atomic mass is 16.1. The van der Waals surface area contributed by atoms with Crippen LogP contribution < -0.4 is 11.0 Å². The van der Waals surface area contributed by atoms with E-state index in [1.165, 1.54) is 10.8 Å². The molecule has 0 spiro atoms. The highest BCUT2D eigenvalue weighted by molar-refractivity contribution is 5.36. The summed E-state index contributed by atoms with van der Waals surface area (Å²) < 4.78 is 1.42. The highest BCUT2D eigenvalue weighted by Crippen LogP contribution is 1.96. The second-order valence-corrected chi connectivity index (χ2v) is 1.99. The smallest absolute Gasteiger partial charge is 0.347 e. The number of rotatable bonds is 1. The van der Waals surface area contributed by atoms with Gasteiger partial charge in [-0.15, -0.1) is 0 Å². The van der Waals surface area contributed by atoms with Crippen LogP contribution in [-0.4, -0.2) is 16.6 Å². The maximum absolute atomic E-state index is 10.7. The lowest BCUT2D eigenvalue weighted by atomic mass is 10.5. The first-order chi connectivity index (χ1) is 4.74. The van der Waals surface area contributed by atoms with Gasteiger partial charge in [0, 0.05) is 20.3 Å². The van der Waals surface area contributed by atoms with Crippen LogP contribution in [0.15, 0.2) is 17.2 Å². The average Bonchev–Trinajstić information content (AvgIpc) is 1.95. The molecule has 54 valence electrons. The third-order valence-corrected chi connectivity index (χ3v) is 1.24. The quantitative estimate of drug-likeness (QED) is 0.587. The Labute approximate surface area is 58.5 Å². The number of aromatic nitrogens is 2. The number of anilines is 1. The van der Waals surface area contributed by atoms with Gasteiger partial charge in [0.15, 0.2) is 0 Å². The molecule has 1 aromatic heterocycles. The van der Waals surface area contributed by atoms with E-state index in [1.54, 1.807) is 20.3 Å². The fraction of sp³-hybridized carbons (Fsp3) is 0.333. The largest absolute Gasteiger partial charge is 0.386 e. The van der Waals surface area contributed by atoms with Crippen LogP contribution in [0.5, 0.6) is 0 Å². The van der Waals surface area contributed by atoms with Crippen LogP contribution >= 0.6 is 0 Å². The topological polar surface area (TPSA) is 46.9 Å². The highest BCUT2D eigenvalue weighted by Gasteiger charge is 1.90. The van der Waals surface area contributed by atoms with Gasteiger partial charge in [-0.25, -0.2) is 4.79 Å². The van der Waals surface area contributed by atoms with Gasteiger partial charge in [0.2, 0.25) is 0 Å². The SMILES string of the molecule is CNc1cnc(=O)n(C)c1. The van der Waals surface area contributed by atoms with Crippen molar-refractivity contribution in [2.45, 2.75) is 0 Å². The van der Waals surface area contributed by atoms with E-state index in [0.29, 0.717) is 0 Å². The average molecular weight is 139 g/mol. The molecule has 4 nitrogen and oxygen atoms in total. The first-order valence-electron chi connectivity index (χ1n) is 2.94. The van der Waals surface area contributed by atoms with Gasteiger partial charge in [-0.3, -0.25) is 0 Å². The minimum absolute atomic E-state index is 0.237. The first kappa shape index (κ1) is 6.80. The van der Waals surface area contributed by atoms with Crippen molar-refractivity contribution in [3.05, 3.63) is 22.9 Å². The summed E-state index contributed by atoms with van der Waals surface area (Å²) in [5.41, 5.74) is 0.598. The predicted octanol–water partition coefficient (Wildman–Crippen LogP) is -0.178. The van der Waals surface area contributed by atoms with E-state index in [1.807, 2.05) is 0 Å². The van der Waals surface area contributed by atoms with E-state index in [9.17, 15) is 4.79 Å². The van der Waals surface area contributed by atoms with Gasteiger partial charge in [0.25, 0.3) is 0 Å². The molecule has 1 N–H and O–H groups in total. The standard InChI is InChI=1S/C6H9N3O/c1-7-5-3-8-6(10)9(2)4-5/h3-4,7H,1-2H3. The molecule has 0 radical (unpaired) electrons. The maximum Gasteiger partial charge on any atom is 0.347 e. The van der Waals surface area contributed by atoms with Crippen LogP contribution in [0.3, 0.4) is 0 Å². The molecule has 10 heavy (non-hydrogen) atoms. The normalized spacial score (nSPS) is 9.40. The van der Waals surface area contributed by atoms with Gasteiger partial charge in [-0.05, 0) is 0 Å². The summed E-state index contributed by atoms with van der Waals surface area (Å²) in [6.45, 7) is 0. The van der Waals surface area contributed by atoms with Gasteiger partial charge in [0.1, 0.15) is 0 Å². The first-order valence-corrected chi connectivity index (χ1v) is 2.94. The molecule has 0 unspecified atom stereocenters. The molecule has 0 amide bonds. The summed E-state index contributed by atoms with van der Waals surface area (Å²) >= 11 is 0. The van der Waals surface area contributed by atoms with E-state index >= 15 is 0 Å². The predicted molar refractivity (Wildman–Crippen MR) is 39.0 cm³/mol. The zero-order chi connectivity index (χ0) is 7.56. The second kappa shape index (κ2) is 2.51. The van der Waals surface area contributed by atoms with Crippen molar-refractivity contribution in [2.24, 2.45) is 7.05 Å². The van der Waals surface area contributed by atoms with E-state index < -0.39 is 0 Å². The fourth-order valence-electron chi connectivity index (χ4n) is 0.642. The lowest BCUT2D eigenvalue weighted by Crippen LogP contribution is -2.18. The molecule has 0 bridgehead atoms. The second-order valence-electron chi connectivity index (χ2n) is 1.99. The van der Waals surface area contributed by atoms with E-state index in [2.05, 4.69) is 10.3 Å². The Balaban J connectivity index is 3.17. The van der Waals surface area contributed by atoms with Crippen molar-refractivity contribution in [3.8, 4) is 0 Å². The zero-order valence-corrected chi connectivity index (χ0v) is 5.96. The van der Waals surface area contributed by atoms with Crippen LogP contribution in [0.1, 0.15) is 0 Å². The number of hydrogen-bond donors (Lipinski definition) is 1. The third-order valence-electron chi connectivity index (χ3n) is 1.24. The Morgan fingerprint density at radius 3 is 2.90 bits per heavy atom. The number of nitrogens with one attached hydrogen (secondary N) is 1. The Morgan fingerprint density at radius 2 is 2.40 bits per heavy atom. The van der Waals surface area contributed by atoms with Crippen molar-refractivity contribution in [1.82, 2.24) is 9.55 Å². The third kappa shape index (κ3) is 1.15. The monoisotopic (exact) mass is 139 g/mol. The zero-order valence-electron chi connectivity index (χ0n) is 5.96. The van der Waals surface area contributed by atoms with Crippen molar-refractivity contribution in [2.75, 3.05) is 12.4 Å².